The molecular formula is C12H12BrN3O2. The standard InChI is InChI=1S/C12H12BrN3O2/c1-14-11-6-15-7-12(16-11)18-10-4-3-8(17-2)5-9(10)13/h3-7H,1-2H3,(H,14,16). The van der Waals surface area contributed by atoms with Gasteiger partial charge in [0.25, 0.3) is 0 Å². The second-order valence-electron chi connectivity index (χ2n) is 3.39. The number of hydrogen-bond acceptors (Lipinski definition) is 5. The maximum atomic E-state index is 5.64. The van der Waals surface area contributed by atoms with Gasteiger partial charge in [-0.3, -0.25) is 4.98 Å². The normalized spacial score (nSPS) is 9.94. The van der Waals surface area contributed by atoms with Crippen LogP contribution in [0.2, 0.25) is 0 Å². The van der Waals surface area contributed by atoms with Crippen molar-refractivity contribution in [2.45, 2.75) is 0 Å². The van der Waals surface area contributed by atoms with Crippen LogP contribution in [0.4, 0.5) is 5.82 Å². The predicted molar refractivity (Wildman–Crippen MR) is 72.3 cm³/mol. The molecule has 0 saturated heterocycles. The zero-order chi connectivity index (χ0) is 13.0. The molecular weight excluding hydrogens is 298 g/mol. The first-order chi connectivity index (χ1) is 8.72. The van der Waals surface area contributed by atoms with E-state index < -0.39 is 0 Å². The Morgan fingerprint density at radius 1 is 1.28 bits per heavy atom. The van der Waals surface area contributed by atoms with Crippen LogP contribution in [0.5, 0.6) is 17.4 Å². The highest BCUT2D eigenvalue weighted by Crippen LogP contribution is 2.32. The molecule has 1 N–H and O–H groups in total. The number of halogens is 1. The molecule has 0 aliphatic rings. The summed E-state index contributed by atoms with van der Waals surface area (Å²) < 4.78 is 11.5. The van der Waals surface area contributed by atoms with Gasteiger partial charge in [0, 0.05) is 7.05 Å². The van der Waals surface area contributed by atoms with Crippen molar-refractivity contribution in [2.75, 3.05) is 19.5 Å². The van der Waals surface area contributed by atoms with Gasteiger partial charge in [0.2, 0.25) is 5.88 Å². The lowest BCUT2D eigenvalue weighted by molar-refractivity contribution is 0.411. The molecule has 0 radical (unpaired) electrons. The summed E-state index contributed by atoms with van der Waals surface area (Å²) >= 11 is 3.41. The quantitative estimate of drug-likeness (QED) is 0.940. The van der Waals surface area contributed by atoms with Gasteiger partial charge < -0.3 is 14.8 Å². The molecule has 0 spiro atoms. The Bertz CT molecular complexity index is 549. The molecule has 94 valence electrons. The molecule has 18 heavy (non-hydrogen) atoms. The topological polar surface area (TPSA) is 56.3 Å². The van der Waals surface area contributed by atoms with Crippen LogP contribution in [-0.4, -0.2) is 24.1 Å². The van der Waals surface area contributed by atoms with E-state index in [-0.39, 0.29) is 0 Å². The molecule has 1 aromatic carbocycles. The zero-order valence-corrected chi connectivity index (χ0v) is 11.6. The lowest BCUT2D eigenvalue weighted by atomic mass is 10.3. The summed E-state index contributed by atoms with van der Waals surface area (Å²) in [4.78, 5) is 8.25. The van der Waals surface area contributed by atoms with Gasteiger partial charge in [-0.1, -0.05) is 0 Å². The average Bonchev–Trinajstić information content (AvgIpc) is 2.41. The van der Waals surface area contributed by atoms with Gasteiger partial charge in [-0.25, -0.2) is 0 Å². The number of hydrogen-bond donors (Lipinski definition) is 1. The van der Waals surface area contributed by atoms with Crippen molar-refractivity contribution < 1.29 is 9.47 Å². The predicted octanol–water partition coefficient (Wildman–Crippen LogP) is 3.08. The van der Waals surface area contributed by atoms with E-state index >= 15 is 0 Å². The van der Waals surface area contributed by atoms with Crippen LogP contribution in [0, 0.1) is 0 Å². The first-order valence-electron chi connectivity index (χ1n) is 5.24. The average molecular weight is 310 g/mol. The van der Waals surface area contributed by atoms with E-state index in [1.54, 1.807) is 32.6 Å². The Balaban J connectivity index is 2.22. The van der Waals surface area contributed by atoms with Gasteiger partial charge in [-0.15, -0.1) is 0 Å². The minimum absolute atomic E-state index is 0.424. The van der Waals surface area contributed by atoms with E-state index in [0.717, 1.165) is 10.2 Å². The van der Waals surface area contributed by atoms with E-state index in [4.69, 9.17) is 9.47 Å². The van der Waals surface area contributed by atoms with Crippen molar-refractivity contribution in [1.29, 1.82) is 0 Å². The van der Waals surface area contributed by atoms with Gasteiger partial charge >= 0.3 is 0 Å². The molecule has 1 aromatic heterocycles. The zero-order valence-electron chi connectivity index (χ0n) is 9.98. The van der Waals surface area contributed by atoms with Crippen LogP contribution < -0.4 is 14.8 Å². The van der Waals surface area contributed by atoms with E-state index in [1.807, 2.05) is 12.1 Å². The van der Waals surface area contributed by atoms with Crippen LogP contribution in [0.1, 0.15) is 0 Å². The Morgan fingerprint density at radius 2 is 2.11 bits per heavy atom. The first-order valence-corrected chi connectivity index (χ1v) is 6.03. The van der Waals surface area contributed by atoms with Crippen LogP contribution >= 0.6 is 15.9 Å². The van der Waals surface area contributed by atoms with Crippen molar-refractivity contribution in [3.05, 3.63) is 35.1 Å². The summed E-state index contributed by atoms with van der Waals surface area (Å²) in [6.45, 7) is 0. The van der Waals surface area contributed by atoms with Crippen molar-refractivity contribution in [3.63, 3.8) is 0 Å². The summed E-state index contributed by atoms with van der Waals surface area (Å²) in [6, 6.07) is 5.44. The summed E-state index contributed by atoms with van der Waals surface area (Å²) in [6.07, 6.45) is 3.17. The minimum atomic E-state index is 0.424. The number of anilines is 1. The molecule has 0 amide bonds. The third-order valence-corrected chi connectivity index (χ3v) is 2.84. The summed E-state index contributed by atoms with van der Waals surface area (Å²) in [7, 11) is 3.39. The largest absolute Gasteiger partial charge is 0.497 e. The molecule has 2 aromatic rings. The molecule has 0 aliphatic heterocycles. The van der Waals surface area contributed by atoms with Gasteiger partial charge in [-0.2, -0.15) is 4.98 Å². The van der Waals surface area contributed by atoms with Crippen molar-refractivity contribution in [2.24, 2.45) is 0 Å². The molecule has 0 unspecified atom stereocenters. The van der Waals surface area contributed by atoms with Crippen molar-refractivity contribution in [1.82, 2.24) is 9.97 Å². The van der Waals surface area contributed by atoms with Crippen molar-refractivity contribution >= 4 is 21.7 Å². The van der Waals surface area contributed by atoms with E-state index in [0.29, 0.717) is 17.4 Å². The maximum Gasteiger partial charge on any atom is 0.239 e. The molecule has 0 bridgehead atoms. The third-order valence-electron chi connectivity index (χ3n) is 2.22. The van der Waals surface area contributed by atoms with Gasteiger partial charge in [0.1, 0.15) is 17.3 Å². The maximum absolute atomic E-state index is 5.64. The lowest BCUT2D eigenvalue weighted by Crippen LogP contribution is -1.96. The number of nitrogens with one attached hydrogen (secondary N) is 1. The number of nitrogens with zero attached hydrogens (tertiary/aromatic N) is 2. The van der Waals surface area contributed by atoms with Crippen LogP contribution in [0.25, 0.3) is 0 Å². The fraction of sp³-hybridized carbons (Fsp3) is 0.167. The fourth-order valence-corrected chi connectivity index (χ4v) is 1.76. The van der Waals surface area contributed by atoms with E-state index in [9.17, 15) is 0 Å². The summed E-state index contributed by atoms with van der Waals surface area (Å²) in [5, 5.41) is 2.90. The Morgan fingerprint density at radius 3 is 2.78 bits per heavy atom. The molecule has 2 rings (SSSR count). The smallest absolute Gasteiger partial charge is 0.239 e. The van der Waals surface area contributed by atoms with Gasteiger partial charge in [0.05, 0.1) is 24.0 Å². The number of methoxy groups -OCH3 is 1. The molecule has 5 nitrogen and oxygen atoms in total. The van der Waals surface area contributed by atoms with Crippen LogP contribution in [0.15, 0.2) is 35.1 Å². The highest BCUT2D eigenvalue weighted by Gasteiger charge is 2.06. The van der Waals surface area contributed by atoms with E-state index in [2.05, 4.69) is 31.2 Å². The Hall–Kier alpha value is -1.82. The SMILES string of the molecule is CNc1cncc(Oc2ccc(OC)cc2Br)n1. The first kappa shape index (κ1) is 12.6. The summed E-state index contributed by atoms with van der Waals surface area (Å²) in [5.41, 5.74) is 0. The monoisotopic (exact) mass is 309 g/mol. The van der Waals surface area contributed by atoms with Crippen molar-refractivity contribution in [3.8, 4) is 17.4 Å². The Kier molecular flexibility index (Phi) is 3.99. The molecule has 0 fully saturated rings. The summed E-state index contributed by atoms with van der Waals surface area (Å²) in [5.74, 6) is 2.48. The highest BCUT2D eigenvalue weighted by atomic mass is 79.9. The second kappa shape index (κ2) is 5.68. The number of rotatable bonds is 4. The third kappa shape index (κ3) is 2.89. The molecule has 0 aliphatic carbocycles. The fourth-order valence-electron chi connectivity index (χ4n) is 1.32. The lowest BCUT2D eigenvalue weighted by Gasteiger charge is -2.08. The molecule has 0 atom stereocenters. The van der Waals surface area contributed by atoms with E-state index in [1.165, 1.54) is 0 Å². The van der Waals surface area contributed by atoms with Crippen LogP contribution in [-0.2, 0) is 0 Å². The number of aromatic nitrogens is 2. The number of benzene rings is 1. The Labute approximate surface area is 113 Å². The van der Waals surface area contributed by atoms with Gasteiger partial charge in [-0.05, 0) is 34.1 Å². The minimum Gasteiger partial charge on any atom is -0.497 e. The van der Waals surface area contributed by atoms with Crippen LogP contribution in [0.3, 0.4) is 0 Å². The molecule has 1 heterocycles. The molecule has 0 saturated carbocycles. The van der Waals surface area contributed by atoms with Gasteiger partial charge in [0.15, 0.2) is 0 Å². The molecule has 6 heteroatoms. The highest BCUT2D eigenvalue weighted by molar-refractivity contribution is 9.10. The number of ether oxygens (including phenoxy) is 2. The second-order valence-corrected chi connectivity index (χ2v) is 4.25.